The highest BCUT2D eigenvalue weighted by Gasteiger charge is 2.26. The number of nitrogens with one attached hydrogen (secondary N) is 1. The minimum Gasteiger partial charge on any atom is -0.345 e. The van der Waals surface area contributed by atoms with Crippen molar-refractivity contribution in [2.24, 2.45) is 0 Å². The predicted octanol–water partition coefficient (Wildman–Crippen LogP) is 3.24. The van der Waals surface area contributed by atoms with Gasteiger partial charge in [0, 0.05) is 24.5 Å². The Morgan fingerprint density at radius 2 is 2.42 bits per heavy atom. The summed E-state index contributed by atoms with van der Waals surface area (Å²) in [4.78, 5) is 15.2. The zero-order chi connectivity index (χ0) is 14.0. The standard InChI is InChI=1S/C14H21ClN2OS/c1-4-17(3)14(18)9(2)16-11-6-5-7-12-10(11)8-13(15)19-12/h8-9,11,16H,4-7H2,1-3H3. The highest BCUT2D eigenvalue weighted by molar-refractivity contribution is 7.16. The van der Waals surface area contributed by atoms with Crippen LogP contribution in [0.2, 0.25) is 4.34 Å². The Labute approximate surface area is 123 Å². The van der Waals surface area contributed by atoms with Gasteiger partial charge in [-0.15, -0.1) is 11.3 Å². The summed E-state index contributed by atoms with van der Waals surface area (Å²) >= 11 is 7.77. The number of amides is 1. The van der Waals surface area contributed by atoms with Crippen LogP contribution in [0.1, 0.15) is 43.2 Å². The molecule has 0 radical (unpaired) electrons. The van der Waals surface area contributed by atoms with E-state index < -0.39 is 0 Å². The van der Waals surface area contributed by atoms with E-state index in [9.17, 15) is 4.79 Å². The molecule has 1 aromatic rings. The fraction of sp³-hybridized carbons (Fsp3) is 0.643. The molecule has 1 amide bonds. The van der Waals surface area contributed by atoms with Crippen molar-refractivity contribution < 1.29 is 4.79 Å². The van der Waals surface area contributed by atoms with E-state index in [-0.39, 0.29) is 18.0 Å². The van der Waals surface area contributed by atoms with Crippen LogP contribution in [0.25, 0.3) is 0 Å². The van der Waals surface area contributed by atoms with Crippen LogP contribution < -0.4 is 5.32 Å². The van der Waals surface area contributed by atoms with Gasteiger partial charge < -0.3 is 4.90 Å². The third kappa shape index (κ3) is 3.30. The lowest BCUT2D eigenvalue weighted by Crippen LogP contribution is -2.44. The summed E-state index contributed by atoms with van der Waals surface area (Å²) in [5.41, 5.74) is 1.29. The molecule has 1 heterocycles. The van der Waals surface area contributed by atoms with Gasteiger partial charge in [-0.3, -0.25) is 10.1 Å². The van der Waals surface area contributed by atoms with Gasteiger partial charge >= 0.3 is 0 Å². The molecule has 1 aliphatic carbocycles. The van der Waals surface area contributed by atoms with E-state index in [2.05, 4.69) is 11.4 Å². The van der Waals surface area contributed by atoms with Gasteiger partial charge in [-0.1, -0.05) is 11.6 Å². The summed E-state index contributed by atoms with van der Waals surface area (Å²) in [5, 5.41) is 3.46. The summed E-state index contributed by atoms with van der Waals surface area (Å²) in [6, 6.07) is 2.16. The van der Waals surface area contributed by atoms with Gasteiger partial charge in [-0.2, -0.15) is 0 Å². The average molecular weight is 301 g/mol. The first-order valence-corrected chi connectivity index (χ1v) is 8.01. The maximum Gasteiger partial charge on any atom is 0.239 e. The number of likely N-dealkylation sites (N-methyl/N-ethyl adjacent to an activating group) is 1. The van der Waals surface area contributed by atoms with Gasteiger partial charge in [0.15, 0.2) is 0 Å². The Balaban J connectivity index is 2.06. The molecule has 1 aromatic heterocycles. The van der Waals surface area contributed by atoms with E-state index in [4.69, 9.17) is 11.6 Å². The molecule has 0 spiro atoms. The topological polar surface area (TPSA) is 32.3 Å². The zero-order valence-corrected chi connectivity index (χ0v) is 13.3. The number of carbonyl (C=O) groups is 1. The lowest BCUT2D eigenvalue weighted by molar-refractivity contribution is -0.131. The molecule has 5 heteroatoms. The second-order valence-electron chi connectivity index (χ2n) is 5.11. The number of nitrogens with zero attached hydrogens (tertiary/aromatic N) is 1. The van der Waals surface area contributed by atoms with Gasteiger partial charge in [0.05, 0.1) is 10.4 Å². The summed E-state index contributed by atoms with van der Waals surface area (Å²) in [6.07, 6.45) is 3.35. The lowest BCUT2D eigenvalue weighted by atomic mass is 9.93. The van der Waals surface area contributed by atoms with Crippen molar-refractivity contribution in [3.63, 3.8) is 0 Å². The highest BCUT2D eigenvalue weighted by Crippen LogP contribution is 2.37. The quantitative estimate of drug-likeness (QED) is 0.926. The first-order chi connectivity index (χ1) is 9.02. The minimum atomic E-state index is -0.153. The zero-order valence-electron chi connectivity index (χ0n) is 11.7. The van der Waals surface area contributed by atoms with Gasteiger partial charge in [0.2, 0.25) is 5.91 Å². The van der Waals surface area contributed by atoms with Crippen molar-refractivity contribution in [3.05, 3.63) is 20.8 Å². The van der Waals surface area contributed by atoms with Crippen molar-refractivity contribution in [3.8, 4) is 0 Å². The molecule has 2 rings (SSSR count). The Hall–Kier alpha value is -0.580. The molecule has 0 aromatic carbocycles. The molecule has 3 nitrogen and oxygen atoms in total. The normalized spacial score (nSPS) is 19.9. The molecular weight excluding hydrogens is 280 g/mol. The van der Waals surface area contributed by atoms with Crippen molar-refractivity contribution in [2.75, 3.05) is 13.6 Å². The molecule has 0 saturated carbocycles. The number of carbonyl (C=O) groups excluding carboxylic acids is 1. The van der Waals surface area contributed by atoms with Crippen LogP contribution in [0.3, 0.4) is 0 Å². The summed E-state index contributed by atoms with van der Waals surface area (Å²) in [6.45, 7) is 4.67. The summed E-state index contributed by atoms with van der Waals surface area (Å²) < 4.78 is 0.850. The highest BCUT2D eigenvalue weighted by atomic mass is 35.5. The largest absolute Gasteiger partial charge is 0.345 e. The van der Waals surface area contributed by atoms with Crippen LogP contribution in [0, 0.1) is 0 Å². The number of thiophene rings is 1. The lowest BCUT2D eigenvalue weighted by Gasteiger charge is -2.28. The summed E-state index contributed by atoms with van der Waals surface area (Å²) in [7, 11) is 1.84. The average Bonchev–Trinajstić information content (AvgIpc) is 2.78. The van der Waals surface area contributed by atoms with E-state index in [1.54, 1.807) is 16.2 Å². The molecule has 0 aliphatic heterocycles. The molecule has 1 N–H and O–H groups in total. The molecule has 2 atom stereocenters. The van der Waals surface area contributed by atoms with Crippen molar-refractivity contribution in [1.29, 1.82) is 0 Å². The first kappa shape index (κ1) is 14.8. The fourth-order valence-corrected chi connectivity index (χ4v) is 3.94. The Morgan fingerprint density at radius 1 is 1.68 bits per heavy atom. The van der Waals surface area contributed by atoms with Crippen LogP contribution >= 0.6 is 22.9 Å². The number of fused-ring (bicyclic) bond motifs is 1. The Kier molecular flexibility index (Phi) is 4.87. The maximum absolute atomic E-state index is 12.1. The SMILES string of the molecule is CCN(C)C(=O)C(C)NC1CCCc2sc(Cl)cc21. The van der Waals surface area contributed by atoms with Gasteiger partial charge in [0.25, 0.3) is 0 Å². The first-order valence-electron chi connectivity index (χ1n) is 6.82. The van der Waals surface area contributed by atoms with Crippen LogP contribution in [0.4, 0.5) is 0 Å². The second kappa shape index (κ2) is 6.25. The van der Waals surface area contributed by atoms with Crippen molar-refractivity contribution >= 4 is 28.8 Å². The molecule has 106 valence electrons. The van der Waals surface area contributed by atoms with Crippen molar-refractivity contribution in [1.82, 2.24) is 10.2 Å². The minimum absolute atomic E-state index is 0.149. The maximum atomic E-state index is 12.1. The van der Waals surface area contributed by atoms with Crippen molar-refractivity contribution in [2.45, 2.75) is 45.2 Å². The number of aryl methyl sites for hydroxylation is 1. The number of hydrogen-bond donors (Lipinski definition) is 1. The third-order valence-corrected chi connectivity index (χ3v) is 5.10. The van der Waals surface area contributed by atoms with Crippen LogP contribution in [0.5, 0.6) is 0 Å². The molecular formula is C14H21ClN2OS. The van der Waals surface area contributed by atoms with Gasteiger partial charge in [0.1, 0.15) is 0 Å². The molecule has 0 fully saturated rings. The van der Waals surface area contributed by atoms with E-state index in [1.165, 1.54) is 10.4 Å². The van der Waals surface area contributed by atoms with E-state index in [0.29, 0.717) is 0 Å². The van der Waals surface area contributed by atoms with Gasteiger partial charge in [-0.05, 0) is 44.7 Å². The molecule has 19 heavy (non-hydrogen) atoms. The van der Waals surface area contributed by atoms with Crippen LogP contribution in [-0.4, -0.2) is 30.4 Å². The molecule has 1 aliphatic rings. The number of halogens is 1. The monoisotopic (exact) mass is 300 g/mol. The predicted molar refractivity (Wildman–Crippen MR) is 80.9 cm³/mol. The Morgan fingerprint density at radius 3 is 3.11 bits per heavy atom. The van der Waals surface area contributed by atoms with E-state index >= 15 is 0 Å². The number of rotatable bonds is 4. The summed E-state index contributed by atoms with van der Waals surface area (Å²) in [5.74, 6) is 0.149. The van der Waals surface area contributed by atoms with Gasteiger partial charge in [-0.25, -0.2) is 0 Å². The number of hydrogen-bond acceptors (Lipinski definition) is 3. The van der Waals surface area contributed by atoms with Crippen LogP contribution in [0.15, 0.2) is 6.07 Å². The van der Waals surface area contributed by atoms with E-state index in [0.717, 1.165) is 30.1 Å². The molecule has 2 unspecified atom stereocenters. The Bertz CT molecular complexity index is 460. The van der Waals surface area contributed by atoms with E-state index in [1.807, 2.05) is 20.9 Å². The molecule has 0 bridgehead atoms. The fourth-order valence-electron chi connectivity index (χ4n) is 2.55. The third-order valence-electron chi connectivity index (χ3n) is 3.76. The smallest absolute Gasteiger partial charge is 0.239 e. The molecule has 0 saturated heterocycles. The van der Waals surface area contributed by atoms with Crippen LogP contribution in [-0.2, 0) is 11.2 Å². The second-order valence-corrected chi connectivity index (χ2v) is 6.88.